The minimum atomic E-state index is -0.991. The fourth-order valence-electron chi connectivity index (χ4n) is 2.26. The summed E-state index contributed by atoms with van der Waals surface area (Å²) in [6, 6.07) is 13.1. The van der Waals surface area contributed by atoms with Gasteiger partial charge >= 0.3 is 5.97 Å². The maximum atomic E-state index is 10.8. The second-order valence-corrected chi connectivity index (χ2v) is 6.37. The quantitative estimate of drug-likeness (QED) is 0.563. The first kappa shape index (κ1) is 17.8. The SMILES string of the molecule is Cc1cc(Nc2cc(-c3ccccn3)nc(NCC(=O)O)n2)ccc1Br. The normalized spacial score (nSPS) is 10.4. The van der Waals surface area contributed by atoms with Crippen LogP contribution in [0.25, 0.3) is 11.4 Å². The van der Waals surface area contributed by atoms with Gasteiger partial charge in [0.15, 0.2) is 0 Å². The van der Waals surface area contributed by atoms with Crippen LogP contribution in [-0.4, -0.2) is 32.6 Å². The number of aliphatic carboxylic acids is 1. The number of hydrogen-bond donors (Lipinski definition) is 3. The van der Waals surface area contributed by atoms with Gasteiger partial charge in [0.1, 0.15) is 12.4 Å². The lowest BCUT2D eigenvalue weighted by Gasteiger charge is -2.11. The van der Waals surface area contributed by atoms with Crippen LogP contribution < -0.4 is 10.6 Å². The number of aromatic nitrogens is 3. The standard InChI is InChI=1S/C18H16BrN5O2/c1-11-8-12(5-6-13(11)19)22-16-9-15(14-4-2-3-7-20-14)23-18(24-16)21-10-17(25)26/h2-9H,10H2,1H3,(H,25,26)(H2,21,22,23,24). The van der Waals surface area contributed by atoms with Crippen molar-refractivity contribution in [3.63, 3.8) is 0 Å². The van der Waals surface area contributed by atoms with Gasteiger partial charge in [-0.25, -0.2) is 4.98 Å². The van der Waals surface area contributed by atoms with E-state index in [0.717, 1.165) is 15.7 Å². The van der Waals surface area contributed by atoms with Gasteiger partial charge < -0.3 is 15.7 Å². The average molecular weight is 414 g/mol. The average Bonchev–Trinajstić information content (AvgIpc) is 2.64. The van der Waals surface area contributed by atoms with Crippen molar-refractivity contribution in [2.45, 2.75) is 6.92 Å². The van der Waals surface area contributed by atoms with E-state index in [2.05, 4.69) is 41.5 Å². The number of nitrogens with one attached hydrogen (secondary N) is 2. The van der Waals surface area contributed by atoms with Crippen LogP contribution in [0.4, 0.5) is 17.5 Å². The number of rotatable bonds is 6. The van der Waals surface area contributed by atoms with Gasteiger partial charge in [-0.3, -0.25) is 9.78 Å². The lowest BCUT2D eigenvalue weighted by molar-refractivity contribution is -0.134. The zero-order valence-electron chi connectivity index (χ0n) is 13.9. The van der Waals surface area contributed by atoms with E-state index in [1.807, 2.05) is 43.3 Å². The second-order valence-electron chi connectivity index (χ2n) is 5.51. The highest BCUT2D eigenvalue weighted by atomic mass is 79.9. The number of pyridine rings is 1. The highest BCUT2D eigenvalue weighted by molar-refractivity contribution is 9.10. The summed E-state index contributed by atoms with van der Waals surface area (Å²) in [5.74, 6) is -0.239. The predicted octanol–water partition coefficient (Wildman–Crippen LogP) is 3.85. The molecule has 3 aromatic rings. The molecule has 0 saturated carbocycles. The summed E-state index contributed by atoms with van der Waals surface area (Å²) in [5.41, 5.74) is 3.20. The molecule has 0 spiro atoms. The van der Waals surface area contributed by atoms with Crippen LogP contribution in [0.3, 0.4) is 0 Å². The Balaban J connectivity index is 1.95. The molecule has 8 heteroatoms. The molecule has 132 valence electrons. The zero-order valence-corrected chi connectivity index (χ0v) is 15.5. The predicted molar refractivity (Wildman–Crippen MR) is 104 cm³/mol. The molecule has 0 bridgehead atoms. The minimum Gasteiger partial charge on any atom is -0.480 e. The van der Waals surface area contributed by atoms with Crippen LogP contribution in [0.1, 0.15) is 5.56 Å². The van der Waals surface area contributed by atoms with Gasteiger partial charge in [-0.2, -0.15) is 4.98 Å². The number of anilines is 3. The molecule has 26 heavy (non-hydrogen) atoms. The molecule has 0 aliphatic heterocycles. The summed E-state index contributed by atoms with van der Waals surface area (Å²) in [6.45, 7) is 1.72. The third kappa shape index (κ3) is 4.54. The number of nitrogens with zero attached hydrogens (tertiary/aromatic N) is 3. The molecule has 2 heterocycles. The van der Waals surface area contributed by atoms with Crippen LogP contribution in [0.5, 0.6) is 0 Å². The van der Waals surface area contributed by atoms with E-state index in [-0.39, 0.29) is 12.5 Å². The fourth-order valence-corrected chi connectivity index (χ4v) is 2.51. The Kier molecular flexibility index (Phi) is 5.43. The summed E-state index contributed by atoms with van der Waals surface area (Å²) < 4.78 is 1.02. The van der Waals surface area contributed by atoms with Crippen LogP contribution in [0.2, 0.25) is 0 Å². The first-order valence-corrected chi connectivity index (χ1v) is 8.60. The summed E-state index contributed by atoms with van der Waals surface area (Å²) in [6.07, 6.45) is 1.67. The molecule has 0 unspecified atom stereocenters. The second kappa shape index (κ2) is 7.92. The maximum absolute atomic E-state index is 10.8. The number of carboxylic acids is 1. The molecular weight excluding hydrogens is 398 g/mol. The van der Waals surface area contributed by atoms with E-state index in [9.17, 15) is 4.79 Å². The molecule has 0 aliphatic rings. The highest BCUT2D eigenvalue weighted by Gasteiger charge is 2.09. The monoisotopic (exact) mass is 413 g/mol. The van der Waals surface area contributed by atoms with Crippen molar-refractivity contribution in [1.29, 1.82) is 0 Å². The molecule has 0 saturated heterocycles. The molecule has 0 fully saturated rings. The molecule has 0 atom stereocenters. The summed E-state index contributed by atoms with van der Waals surface area (Å²) in [4.78, 5) is 23.8. The first-order chi connectivity index (χ1) is 12.5. The third-order valence-corrected chi connectivity index (χ3v) is 4.37. The van der Waals surface area contributed by atoms with Gasteiger partial charge in [0, 0.05) is 22.4 Å². The highest BCUT2D eigenvalue weighted by Crippen LogP contribution is 2.25. The number of carbonyl (C=O) groups is 1. The number of hydrogen-bond acceptors (Lipinski definition) is 6. The molecular formula is C18H16BrN5O2. The summed E-state index contributed by atoms with van der Waals surface area (Å²) in [5, 5.41) is 14.8. The van der Waals surface area contributed by atoms with E-state index in [1.54, 1.807) is 12.3 Å². The van der Waals surface area contributed by atoms with Crippen molar-refractivity contribution in [2.24, 2.45) is 0 Å². The fraction of sp³-hybridized carbons (Fsp3) is 0.111. The van der Waals surface area contributed by atoms with Crippen molar-refractivity contribution in [2.75, 3.05) is 17.2 Å². The molecule has 3 N–H and O–H groups in total. The number of benzene rings is 1. The maximum Gasteiger partial charge on any atom is 0.322 e. The van der Waals surface area contributed by atoms with E-state index in [1.165, 1.54) is 0 Å². The van der Waals surface area contributed by atoms with Crippen LogP contribution in [0, 0.1) is 6.92 Å². The van der Waals surface area contributed by atoms with Gasteiger partial charge in [0.2, 0.25) is 5.95 Å². The van der Waals surface area contributed by atoms with Crippen molar-refractivity contribution in [1.82, 2.24) is 15.0 Å². The van der Waals surface area contributed by atoms with Gasteiger partial charge in [0.05, 0.1) is 11.4 Å². The van der Waals surface area contributed by atoms with Crippen molar-refractivity contribution < 1.29 is 9.90 Å². The molecule has 3 rings (SSSR count). The number of carboxylic acid groups (broad SMARTS) is 1. The Labute approximate surface area is 158 Å². The summed E-state index contributed by atoms with van der Waals surface area (Å²) >= 11 is 3.48. The molecule has 0 amide bonds. The van der Waals surface area contributed by atoms with E-state index >= 15 is 0 Å². The minimum absolute atomic E-state index is 0.215. The largest absolute Gasteiger partial charge is 0.480 e. The molecule has 0 radical (unpaired) electrons. The Morgan fingerprint density at radius 2 is 2.00 bits per heavy atom. The zero-order chi connectivity index (χ0) is 18.5. The van der Waals surface area contributed by atoms with Gasteiger partial charge in [0.25, 0.3) is 0 Å². The number of halogens is 1. The Hall–Kier alpha value is -3.00. The lowest BCUT2D eigenvalue weighted by atomic mass is 10.2. The molecule has 0 aliphatic carbocycles. The van der Waals surface area contributed by atoms with Crippen molar-refractivity contribution >= 4 is 39.4 Å². The van der Waals surface area contributed by atoms with Crippen molar-refractivity contribution in [3.8, 4) is 11.4 Å². The van der Waals surface area contributed by atoms with Crippen LogP contribution in [0.15, 0.2) is 53.1 Å². The van der Waals surface area contributed by atoms with E-state index in [0.29, 0.717) is 17.2 Å². The Bertz CT molecular complexity index is 934. The smallest absolute Gasteiger partial charge is 0.322 e. The van der Waals surface area contributed by atoms with Crippen molar-refractivity contribution in [3.05, 3.63) is 58.7 Å². The number of aryl methyl sites for hydroxylation is 1. The van der Waals surface area contributed by atoms with Gasteiger partial charge in [-0.1, -0.05) is 22.0 Å². The topological polar surface area (TPSA) is 100 Å². The molecule has 7 nitrogen and oxygen atoms in total. The Morgan fingerprint density at radius 1 is 1.15 bits per heavy atom. The van der Waals surface area contributed by atoms with Gasteiger partial charge in [-0.15, -0.1) is 0 Å². The third-order valence-electron chi connectivity index (χ3n) is 3.48. The lowest BCUT2D eigenvalue weighted by Crippen LogP contribution is -2.15. The van der Waals surface area contributed by atoms with E-state index in [4.69, 9.17) is 5.11 Å². The van der Waals surface area contributed by atoms with Crippen LogP contribution >= 0.6 is 15.9 Å². The van der Waals surface area contributed by atoms with Crippen LogP contribution in [-0.2, 0) is 4.79 Å². The first-order valence-electron chi connectivity index (χ1n) is 7.80. The molecule has 2 aromatic heterocycles. The van der Waals surface area contributed by atoms with Gasteiger partial charge in [-0.05, 0) is 42.8 Å². The molecule has 1 aromatic carbocycles. The Morgan fingerprint density at radius 3 is 2.69 bits per heavy atom. The summed E-state index contributed by atoms with van der Waals surface area (Å²) in [7, 11) is 0. The van der Waals surface area contributed by atoms with E-state index < -0.39 is 5.97 Å².